The maximum absolute atomic E-state index is 9.33. The van der Waals surface area contributed by atoms with Crippen LogP contribution in [-0.2, 0) is 0 Å². The SMILES string of the molecule is OC1CCN(C2CCNC2)CC1. The van der Waals surface area contributed by atoms with Crippen LogP contribution >= 0.6 is 0 Å². The summed E-state index contributed by atoms with van der Waals surface area (Å²) in [7, 11) is 0. The molecule has 2 saturated heterocycles. The van der Waals surface area contributed by atoms with Gasteiger partial charge in [-0.3, -0.25) is 4.90 Å². The number of rotatable bonds is 1. The summed E-state index contributed by atoms with van der Waals surface area (Å²) >= 11 is 0. The Morgan fingerprint density at radius 2 is 1.92 bits per heavy atom. The van der Waals surface area contributed by atoms with Crippen molar-refractivity contribution in [2.24, 2.45) is 0 Å². The quantitative estimate of drug-likeness (QED) is 0.572. The van der Waals surface area contributed by atoms with Gasteiger partial charge in [0.15, 0.2) is 0 Å². The van der Waals surface area contributed by atoms with Gasteiger partial charge in [0.2, 0.25) is 0 Å². The lowest BCUT2D eigenvalue weighted by molar-refractivity contribution is 0.0649. The van der Waals surface area contributed by atoms with Crippen molar-refractivity contribution in [1.29, 1.82) is 0 Å². The molecule has 3 nitrogen and oxygen atoms in total. The summed E-state index contributed by atoms with van der Waals surface area (Å²) in [5.74, 6) is 0. The molecule has 0 spiro atoms. The Morgan fingerprint density at radius 1 is 1.17 bits per heavy atom. The van der Waals surface area contributed by atoms with Crippen molar-refractivity contribution >= 4 is 0 Å². The summed E-state index contributed by atoms with van der Waals surface area (Å²) in [5.41, 5.74) is 0. The fraction of sp³-hybridized carbons (Fsp3) is 1.00. The Kier molecular flexibility index (Phi) is 2.63. The molecule has 0 aliphatic carbocycles. The van der Waals surface area contributed by atoms with E-state index in [4.69, 9.17) is 0 Å². The van der Waals surface area contributed by atoms with Crippen LogP contribution in [0, 0.1) is 0 Å². The maximum atomic E-state index is 9.33. The van der Waals surface area contributed by atoms with Gasteiger partial charge in [-0.05, 0) is 25.8 Å². The molecule has 3 heteroatoms. The molecule has 0 bridgehead atoms. The van der Waals surface area contributed by atoms with Crippen LogP contribution in [0.1, 0.15) is 19.3 Å². The molecule has 2 aliphatic heterocycles. The number of aliphatic hydroxyl groups is 1. The molecule has 0 radical (unpaired) electrons. The fourth-order valence-electron chi connectivity index (χ4n) is 2.20. The van der Waals surface area contributed by atoms with Crippen molar-refractivity contribution in [3.8, 4) is 0 Å². The number of aliphatic hydroxyl groups excluding tert-OH is 1. The average molecular weight is 170 g/mol. The monoisotopic (exact) mass is 170 g/mol. The molecule has 0 aromatic heterocycles. The lowest BCUT2D eigenvalue weighted by Gasteiger charge is -2.33. The molecule has 0 aromatic carbocycles. The predicted molar refractivity (Wildman–Crippen MR) is 48.1 cm³/mol. The second-order valence-electron chi connectivity index (χ2n) is 3.91. The molecule has 2 heterocycles. The minimum absolute atomic E-state index is 0.0318. The summed E-state index contributed by atoms with van der Waals surface area (Å²) in [6.07, 6.45) is 3.19. The first-order chi connectivity index (χ1) is 5.86. The highest BCUT2D eigenvalue weighted by molar-refractivity contribution is 4.83. The lowest BCUT2D eigenvalue weighted by Crippen LogP contribution is -2.43. The van der Waals surface area contributed by atoms with Gasteiger partial charge in [0.1, 0.15) is 0 Å². The third kappa shape index (κ3) is 1.79. The van der Waals surface area contributed by atoms with Gasteiger partial charge >= 0.3 is 0 Å². The van der Waals surface area contributed by atoms with Crippen molar-refractivity contribution in [2.45, 2.75) is 31.4 Å². The molecule has 0 amide bonds. The molecule has 0 aromatic rings. The van der Waals surface area contributed by atoms with Crippen LogP contribution < -0.4 is 5.32 Å². The van der Waals surface area contributed by atoms with E-state index in [1.807, 2.05) is 0 Å². The fourth-order valence-corrected chi connectivity index (χ4v) is 2.20. The number of nitrogens with zero attached hydrogens (tertiary/aromatic N) is 1. The van der Waals surface area contributed by atoms with Gasteiger partial charge in [0, 0.05) is 25.7 Å². The summed E-state index contributed by atoms with van der Waals surface area (Å²) in [4.78, 5) is 2.52. The number of piperidine rings is 1. The molecular formula is C9H18N2O. The Balaban J connectivity index is 1.80. The standard InChI is InChI=1S/C9H18N2O/c12-9-2-5-11(6-3-9)8-1-4-10-7-8/h8-10,12H,1-7H2. The third-order valence-corrected chi connectivity index (χ3v) is 3.05. The number of nitrogens with one attached hydrogen (secondary N) is 1. The second kappa shape index (κ2) is 3.73. The minimum atomic E-state index is -0.0318. The van der Waals surface area contributed by atoms with Gasteiger partial charge in [-0.15, -0.1) is 0 Å². The Morgan fingerprint density at radius 3 is 2.50 bits per heavy atom. The highest BCUT2D eigenvalue weighted by Gasteiger charge is 2.25. The normalized spacial score (nSPS) is 34.2. The third-order valence-electron chi connectivity index (χ3n) is 3.05. The molecule has 2 aliphatic rings. The summed E-state index contributed by atoms with van der Waals surface area (Å²) in [6, 6.07) is 0.748. The van der Waals surface area contributed by atoms with Gasteiger partial charge in [-0.1, -0.05) is 0 Å². The van der Waals surface area contributed by atoms with E-state index in [2.05, 4.69) is 10.2 Å². The zero-order valence-corrected chi connectivity index (χ0v) is 7.50. The average Bonchev–Trinajstić information content (AvgIpc) is 2.58. The van der Waals surface area contributed by atoms with Gasteiger partial charge in [-0.2, -0.15) is 0 Å². The van der Waals surface area contributed by atoms with Gasteiger partial charge in [0.05, 0.1) is 6.10 Å². The molecule has 1 unspecified atom stereocenters. The predicted octanol–water partition coefficient (Wildman–Crippen LogP) is -0.195. The van der Waals surface area contributed by atoms with Crippen LogP contribution in [0.4, 0.5) is 0 Å². The van der Waals surface area contributed by atoms with Gasteiger partial charge in [-0.25, -0.2) is 0 Å². The topological polar surface area (TPSA) is 35.5 Å². The molecule has 12 heavy (non-hydrogen) atoms. The van der Waals surface area contributed by atoms with Crippen molar-refractivity contribution in [1.82, 2.24) is 10.2 Å². The molecule has 1 atom stereocenters. The molecular weight excluding hydrogens is 152 g/mol. The van der Waals surface area contributed by atoms with E-state index >= 15 is 0 Å². The smallest absolute Gasteiger partial charge is 0.0564 e. The van der Waals surface area contributed by atoms with Crippen LogP contribution in [0.3, 0.4) is 0 Å². The van der Waals surface area contributed by atoms with E-state index in [1.165, 1.54) is 13.0 Å². The number of hydrogen-bond donors (Lipinski definition) is 2. The zero-order chi connectivity index (χ0) is 8.39. The first kappa shape index (κ1) is 8.48. The Hall–Kier alpha value is -0.120. The van der Waals surface area contributed by atoms with E-state index in [9.17, 15) is 5.11 Å². The molecule has 2 N–H and O–H groups in total. The summed E-state index contributed by atoms with van der Waals surface area (Å²) in [5, 5.41) is 12.7. The van der Waals surface area contributed by atoms with Crippen molar-refractivity contribution in [2.75, 3.05) is 26.2 Å². The largest absolute Gasteiger partial charge is 0.393 e. The molecule has 70 valence electrons. The lowest BCUT2D eigenvalue weighted by atomic mass is 10.1. The van der Waals surface area contributed by atoms with E-state index in [0.29, 0.717) is 0 Å². The van der Waals surface area contributed by atoms with E-state index in [-0.39, 0.29) is 6.10 Å². The first-order valence-corrected chi connectivity index (χ1v) is 4.99. The van der Waals surface area contributed by atoms with Crippen LogP contribution in [0.5, 0.6) is 0 Å². The highest BCUT2D eigenvalue weighted by atomic mass is 16.3. The second-order valence-corrected chi connectivity index (χ2v) is 3.91. The van der Waals surface area contributed by atoms with E-state index in [1.54, 1.807) is 0 Å². The molecule has 0 saturated carbocycles. The van der Waals surface area contributed by atoms with Crippen molar-refractivity contribution in [3.63, 3.8) is 0 Å². The van der Waals surface area contributed by atoms with Crippen molar-refractivity contribution < 1.29 is 5.11 Å². The molecule has 2 fully saturated rings. The molecule has 2 rings (SSSR count). The van der Waals surface area contributed by atoms with Gasteiger partial charge < -0.3 is 10.4 Å². The van der Waals surface area contributed by atoms with Gasteiger partial charge in [0.25, 0.3) is 0 Å². The Bertz CT molecular complexity index is 137. The van der Waals surface area contributed by atoms with E-state index in [0.717, 1.165) is 38.5 Å². The van der Waals surface area contributed by atoms with Crippen LogP contribution in [-0.4, -0.2) is 48.3 Å². The minimum Gasteiger partial charge on any atom is -0.393 e. The van der Waals surface area contributed by atoms with Crippen LogP contribution in [0.25, 0.3) is 0 Å². The Labute approximate surface area is 73.8 Å². The number of hydrogen-bond acceptors (Lipinski definition) is 3. The summed E-state index contributed by atoms with van der Waals surface area (Å²) in [6.45, 7) is 4.50. The highest BCUT2D eigenvalue weighted by Crippen LogP contribution is 2.16. The summed E-state index contributed by atoms with van der Waals surface area (Å²) < 4.78 is 0. The van der Waals surface area contributed by atoms with Crippen LogP contribution in [0.15, 0.2) is 0 Å². The first-order valence-electron chi connectivity index (χ1n) is 4.99. The van der Waals surface area contributed by atoms with Crippen molar-refractivity contribution in [3.05, 3.63) is 0 Å². The number of likely N-dealkylation sites (tertiary alicyclic amines) is 1. The van der Waals surface area contributed by atoms with E-state index < -0.39 is 0 Å². The maximum Gasteiger partial charge on any atom is 0.0564 e. The van der Waals surface area contributed by atoms with Crippen LogP contribution in [0.2, 0.25) is 0 Å². The zero-order valence-electron chi connectivity index (χ0n) is 7.50.